The molecule has 6 heteroatoms. The molecule has 5 nitrogen and oxygen atoms in total. The summed E-state index contributed by atoms with van der Waals surface area (Å²) in [5.74, 6) is 0. The van der Waals surface area contributed by atoms with Crippen molar-refractivity contribution in [1.82, 2.24) is 24.9 Å². The van der Waals surface area contributed by atoms with E-state index in [2.05, 4.69) is 26.0 Å². The molecule has 23 heavy (non-hydrogen) atoms. The number of fused-ring (bicyclic) bond motifs is 4. The van der Waals surface area contributed by atoms with E-state index in [0.717, 1.165) is 42.7 Å². The molecule has 0 radical (unpaired) electrons. The van der Waals surface area contributed by atoms with Crippen molar-refractivity contribution in [3.63, 3.8) is 0 Å². The molecule has 0 fully saturated rings. The number of benzene rings is 1. The highest BCUT2D eigenvalue weighted by molar-refractivity contribution is 7.25. The summed E-state index contributed by atoms with van der Waals surface area (Å²) in [4.78, 5) is 23.0. The van der Waals surface area contributed by atoms with Crippen LogP contribution >= 0.6 is 11.3 Å². The first-order valence-corrected chi connectivity index (χ1v) is 7.90. The molecule has 0 aliphatic rings. The third-order valence-electron chi connectivity index (χ3n) is 3.74. The van der Waals surface area contributed by atoms with Gasteiger partial charge in [-0.1, -0.05) is 24.3 Å². The number of hydrogen-bond donors (Lipinski definition) is 0. The molecule has 0 saturated carbocycles. The minimum atomic E-state index is 0.751. The van der Waals surface area contributed by atoms with Crippen molar-refractivity contribution in [2.24, 2.45) is 0 Å². The summed E-state index contributed by atoms with van der Waals surface area (Å²) < 4.78 is 0.992. The molecule has 0 spiro atoms. The summed E-state index contributed by atoms with van der Waals surface area (Å²) in [5, 5.41) is 2.25. The Bertz CT molecular complexity index is 1180. The first kappa shape index (κ1) is 12.5. The molecular formula is C17H9N5S. The predicted molar refractivity (Wildman–Crippen MR) is 91.2 cm³/mol. The fraction of sp³-hybridized carbons (Fsp3) is 0. The van der Waals surface area contributed by atoms with E-state index in [1.807, 2.05) is 30.5 Å². The zero-order chi connectivity index (χ0) is 15.2. The van der Waals surface area contributed by atoms with E-state index in [1.54, 1.807) is 23.7 Å². The van der Waals surface area contributed by atoms with Crippen molar-refractivity contribution in [1.29, 1.82) is 0 Å². The molecule has 5 aromatic rings. The van der Waals surface area contributed by atoms with Crippen LogP contribution in [-0.4, -0.2) is 24.9 Å². The van der Waals surface area contributed by atoms with Crippen molar-refractivity contribution in [3.05, 3.63) is 55.2 Å². The van der Waals surface area contributed by atoms with Gasteiger partial charge < -0.3 is 0 Å². The lowest BCUT2D eigenvalue weighted by Crippen LogP contribution is -1.90. The second-order valence-corrected chi connectivity index (χ2v) is 6.19. The molecule has 5 rings (SSSR count). The van der Waals surface area contributed by atoms with E-state index in [1.165, 1.54) is 6.33 Å². The van der Waals surface area contributed by atoms with Gasteiger partial charge in [0.1, 0.15) is 27.9 Å². The first-order valence-electron chi connectivity index (χ1n) is 7.09. The van der Waals surface area contributed by atoms with Crippen molar-refractivity contribution < 1.29 is 0 Å². The zero-order valence-electron chi connectivity index (χ0n) is 11.8. The second-order valence-electron chi connectivity index (χ2n) is 5.16. The summed E-state index contributed by atoms with van der Waals surface area (Å²) in [6.45, 7) is 0. The Labute approximate surface area is 134 Å². The molecule has 0 aliphatic heterocycles. The van der Waals surface area contributed by atoms with Crippen LogP contribution in [0, 0.1) is 0 Å². The third-order valence-corrected chi connectivity index (χ3v) is 4.75. The fourth-order valence-electron chi connectivity index (χ4n) is 2.63. The molecular weight excluding hydrogens is 306 g/mol. The van der Waals surface area contributed by atoms with Crippen molar-refractivity contribution in [3.8, 4) is 11.4 Å². The summed E-state index contributed by atoms with van der Waals surface area (Å²) in [5.41, 5.74) is 3.21. The van der Waals surface area contributed by atoms with E-state index in [-0.39, 0.29) is 0 Å². The Morgan fingerprint density at radius 3 is 2.65 bits per heavy atom. The molecule has 1 aromatic carbocycles. The lowest BCUT2D eigenvalue weighted by molar-refractivity contribution is 1.22. The van der Waals surface area contributed by atoms with Crippen LogP contribution in [0.5, 0.6) is 0 Å². The zero-order valence-corrected chi connectivity index (χ0v) is 12.7. The molecule has 4 heterocycles. The van der Waals surface area contributed by atoms with Crippen LogP contribution < -0.4 is 0 Å². The van der Waals surface area contributed by atoms with Gasteiger partial charge in [-0.25, -0.2) is 19.9 Å². The van der Waals surface area contributed by atoms with Gasteiger partial charge >= 0.3 is 0 Å². The minimum absolute atomic E-state index is 0.751. The molecule has 0 bridgehead atoms. The highest BCUT2D eigenvalue weighted by Crippen LogP contribution is 2.30. The van der Waals surface area contributed by atoms with Gasteiger partial charge in [0.25, 0.3) is 0 Å². The molecule has 0 unspecified atom stereocenters. The Morgan fingerprint density at radius 2 is 1.70 bits per heavy atom. The van der Waals surface area contributed by atoms with Gasteiger partial charge in [-0.15, -0.1) is 11.3 Å². The quantitative estimate of drug-likeness (QED) is 0.470. The predicted octanol–water partition coefficient (Wildman–Crippen LogP) is 3.85. The third kappa shape index (κ3) is 1.96. The maximum atomic E-state index is 4.74. The molecule has 108 valence electrons. The summed E-state index contributed by atoms with van der Waals surface area (Å²) in [6, 6.07) is 10.2. The lowest BCUT2D eigenvalue weighted by Gasteiger charge is -2.02. The monoisotopic (exact) mass is 315 g/mol. The smallest absolute Gasteiger partial charge is 0.144 e. The maximum Gasteiger partial charge on any atom is 0.144 e. The number of nitrogens with zero attached hydrogens (tertiary/aromatic N) is 5. The molecule has 0 aliphatic carbocycles. The van der Waals surface area contributed by atoms with Crippen LogP contribution in [0.4, 0.5) is 0 Å². The van der Waals surface area contributed by atoms with Crippen molar-refractivity contribution >= 4 is 42.7 Å². The highest BCUT2D eigenvalue weighted by Gasteiger charge is 2.11. The average molecular weight is 315 g/mol. The van der Waals surface area contributed by atoms with E-state index < -0.39 is 0 Å². The largest absolute Gasteiger partial charge is 0.254 e. The van der Waals surface area contributed by atoms with Crippen LogP contribution in [0.25, 0.3) is 42.7 Å². The Hall–Kier alpha value is -2.99. The summed E-state index contributed by atoms with van der Waals surface area (Å²) in [7, 11) is 0. The van der Waals surface area contributed by atoms with Gasteiger partial charge in [0.15, 0.2) is 0 Å². The van der Waals surface area contributed by atoms with Crippen LogP contribution in [0.15, 0.2) is 55.2 Å². The molecule has 0 saturated heterocycles. The van der Waals surface area contributed by atoms with Crippen LogP contribution in [0.3, 0.4) is 0 Å². The van der Waals surface area contributed by atoms with Crippen molar-refractivity contribution in [2.45, 2.75) is 0 Å². The van der Waals surface area contributed by atoms with Gasteiger partial charge in [-0.3, -0.25) is 4.98 Å². The number of aromatic nitrogens is 5. The first-order chi connectivity index (χ1) is 11.4. The van der Waals surface area contributed by atoms with E-state index in [9.17, 15) is 0 Å². The molecule has 0 atom stereocenters. The minimum Gasteiger partial charge on any atom is -0.254 e. The Kier molecular flexibility index (Phi) is 2.59. The van der Waals surface area contributed by atoms with Gasteiger partial charge in [0, 0.05) is 17.8 Å². The number of thiophene rings is 1. The Balaban J connectivity index is 1.76. The fourth-order valence-corrected chi connectivity index (χ4v) is 3.54. The van der Waals surface area contributed by atoms with Crippen molar-refractivity contribution in [2.75, 3.05) is 0 Å². The van der Waals surface area contributed by atoms with Gasteiger partial charge in [0.2, 0.25) is 0 Å². The van der Waals surface area contributed by atoms with E-state index in [4.69, 9.17) is 4.98 Å². The average Bonchev–Trinajstić information content (AvgIpc) is 2.99. The number of rotatable bonds is 1. The van der Waals surface area contributed by atoms with E-state index >= 15 is 0 Å². The molecule has 0 amide bonds. The molecule has 4 aromatic heterocycles. The second kappa shape index (κ2) is 4.76. The molecule has 0 N–H and O–H groups in total. The van der Waals surface area contributed by atoms with Crippen LogP contribution in [0.2, 0.25) is 0 Å². The van der Waals surface area contributed by atoms with E-state index in [0.29, 0.717) is 0 Å². The highest BCUT2D eigenvalue weighted by atomic mass is 32.1. The van der Waals surface area contributed by atoms with Gasteiger partial charge in [-0.05, 0) is 11.5 Å². The standard InChI is InChI=1S/C17H9N5S/c1-2-4-11-6-19-12(5-10(11)3-1)13-7-20-17-16(22-13)15-14(23-17)8-18-9-21-15/h1-9H. The summed E-state index contributed by atoms with van der Waals surface area (Å²) in [6.07, 6.45) is 6.97. The number of pyridine rings is 1. The SMILES string of the molecule is c1ccc2cc(-c3cnc4sc5cncnc5c4n3)ncc2c1. The lowest BCUT2D eigenvalue weighted by atomic mass is 10.1. The van der Waals surface area contributed by atoms with Crippen LogP contribution in [0.1, 0.15) is 0 Å². The van der Waals surface area contributed by atoms with Crippen LogP contribution in [-0.2, 0) is 0 Å². The maximum absolute atomic E-state index is 4.74. The van der Waals surface area contributed by atoms with Gasteiger partial charge in [0.05, 0.1) is 16.6 Å². The topological polar surface area (TPSA) is 64.5 Å². The summed E-state index contributed by atoms with van der Waals surface area (Å²) >= 11 is 1.55. The van der Waals surface area contributed by atoms with Gasteiger partial charge in [-0.2, -0.15) is 0 Å². The normalized spacial score (nSPS) is 11.5. The number of hydrogen-bond acceptors (Lipinski definition) is 6. The Morgan fingerprint density at radius 1 is 0.783 bits per heavy atom.